The molecule has 1 saturated carbocycles. The molecule has 0 unspecified atom stereocenters. The largest absolute Gasteiger partial charge is 0.444 e. The number of fused-ring (bicyclic) bond motifs is 1. The van der Waals surface area contributed by atoms with Crippen LogP contribution in [0.3, 0.4) is 0 Å². The molecule has 180 valence electrons. The Labute approximate surface area is 214 Å². The van der Waals surface area contributed by atoms with E-state index in [0.717, 1.165) is 35.1 Å². The van der Waals surface area contributed by atoms with Crippen molar-refractivity contribution in [2.45, 2.75) is 51.3 Å². The van der Waals surface area contributed by atoms with Gasteiger partial charge in [-0.2, -0.15) is 0 Å². The number of nitrogens with zero attached hydrogens (tertiary/aromatic N) is 3. The molecule has 1 aliphatic rings. The summed E-state index contributed by atoms with van der Waals surface area (Å²) in [7, 11) is 3.14. The molecule has 0 atom stereocenters. The van der Waals surface area contributed by atoms with Crippen molar-refractivity contribution in [3.63, 3.8) is 0 Å². The molecule has 1 aliphatic carbocycles. The number of anilines is 1. The number of ether oxygens (including phenoxy) is 1. The predicted molar refractivity (Wildman–Crippen MR) is 143 cm³/mol. The summed E-state index contributed by atoms with van der Waals surface area (Å²) in [5, 5.41) is 10.2. The Kier molecular flexibility index (Phi) is 7.22. The van der Waals surface area contributed by atoms with Gasteiger partial charge < -0.3 is 20.7 Å². The van der Waals surface area contributed by atoms with E-state index in [1.54, 1.807) is 40.7 Å². The number of nitrogens with one attached hydrogen (secondary N) is 3. The van der Waals surface area contributed by atoms with Crippen molar-refractivity contribution in [2.75, 3.05) is 12.4 Å². The topological polar surface area (TPSA) is 110 Å². The van der Waals surface area contributed by atoms with Crippen LogP contribution in [0, 0.1) is 0 Å². The van der Waals surface area contributed by atoms with E-state index in [2.05, 4.69) is 47.1 Å². The van der Waals surface area contributed by atoms with Crippen molar-refractivity contribution >= 4 is 59.0 Å². The molecule has 11 heteroatoms. The fourth-order valence-electron chi connectivity index (χ4n) is 3.86. The van der Waals surface area contributed by atoms with Gasteiger partial charge in [0.15, 0.2) is 5.65 Å². The Morgan fingerprint density at radius 3 is 2.65 bits per heavy atom. The molecule has 4 rings (SSSR count). The summed E-state index contributed by atoms with van der Waals surface area (Å²) >= 11 is 2.22. The van der Waals surface area contributed by atoms with Crippen molar-refractivity contribution in [2.24, 2.45) is 0 Å². The van der Waals surface area contributed by atoms with Crippen LogP contribution in [0.1, 0.15) is 44.0 Å². The van der Waals surface area contributed by atoms with Crippen LogP contribution >= 0.6 is 30.3 Å². The summed E-state index contributed by atoms with van der Waals surface area (Å²) in [5.41, 5.74) is 3.24. The maximum absolute atomic E-state index is 12.2. The third-order valence-electron chi connectivity index (χ3n) is 5.49. The highest BCUT2D eigenvalue weighted by molar-refractivity contribution is 14.2. The Morgan fingerprint density at radius 1 is 1.21 bits per heavy atom. The van der Waals surface area contributed by atoms with E-state index in [1.807, 2.05) is 37.0 Å². The van der Waals surface area contributed by atoms with Gasteiger partial charge in [-0.05, 0) is 51.8 Å². The van der Waals surface area contributed by atoms with Gasteiger partial charge in [0, 0.05) is 84.6 Å². The lowest BCUT2D eigenvalue weighted by Crippen LogP contribution is -2.50. The zero-order valence-electron chi connectivity index (χ0n) is 19.4. The van der Waals surface area contributed by atoms with E-state index in [4.69, 9.17) is 4.74 Å². The molecule has 0 aliphatic heterocycles. The average molecular weight is 594 g/mol. The SMILES string of the molecule is CNC(=O)c1ccnc(-c2cnc3c(ccn3SI)c2NC2CC(NC(=O)OC(C)(C)C)C2)c1. The smallest absolute Gasteiger partial charge is 0.407 e. The standard InChI is InChI=1S/C23H27IN6O3S/c1-23(2,3)33-22(32)29-15-10-14(11-15)28-19-16-6-8-30(34-24)20(16)27-12-17(19)18-9-13(5-7-26-18)21(31)25-4/h5-9,12,14-15H,10-11H2,1-4H3,(H,25,31)(H,27,28)(H,29,32). The minimum Gasteiger partial charge on any atom is -0.444 e. The number of pyridine rings is 2. The summed E-state index contributed by atoms with van der Waals surface area (Å²) in [6.07, 6.45) is 6.55. The first kappa shape index (κ1) is 24.6. The summed E-state index contributed by atoms with van der Waals surface area (Å²) in [4.78, 5) is 33.4. The van der Waals surface area contributed by atoms with Crippen LogP contribution in [-0.2, 0) is 4.74 Å². The highest BCUT2D eigenvalue weighted by Crippen LogP contribution is 2.38. The van der Waals surface area contributed by atoms with E-state index >= 15 is 0 Å². The third kappa shape index (κ3) is 5.40. The molecule has 0 radical (unpaired) electrons. The molecular weight excluding hydrogens is 567 g/mol. The van der Waals surface area contributed by atoms with Crippen LogP contribution in [0.2, 0.25) is 0 Å². The van der Waals surface area contributed by atoms with E-state index in [9.17, 15) is 9.59 Å². The first-order chi connectivity index (χ1) is 16.2. The minimum atomic E-state index is -0.525. The predicted octanol–water partition coefficient (Wildman–Crippen LogP) is 4.77. The molecule has 0 bridgehead atoms. The number of hydrogen-bond acceptors (Lipinski definition) is 7. The van der Waals surface area contributed by atoms with Gasteiger partial charge in [-0.1, -0.05) is 0 Å². The second-order valence-electron chi connectivity index (χ2n) is 9.16. The van der Waals surface area contributed by atoms with E-state index in [0.29, 0.717) is 11.3 Å². The van der Waals surface area contributed by atoms with Crippen LogP contribution < -0.4 is 16.0 Å². The molecule has 0 saturated heterocycles. The Hall–Kier alpha value is -2.54. The molecule has 34 heavy (non-hydrogen) atoms. The van der Waals surface area contributed by atoms with Gasteiger partial charge in [0.1, 0.15) is 5.60 Å². The minimum absolute atomic E-state index is 0.0531. The molecule has 3 aromatic heterocycles. The Balaban J connectivity index is 1.59. The number of amides is 2. The van der Waals surface area contributed by atoms with Gasteiger partial charge in [-0.15, -0.1) is 0 Å². The summed E-state index contributed by atoms with van der Waals surface area (Å²) in [6.45, 7) is 5.55. The van der Waals surface area contributed by atoms with Crippen LogP contribution in [0.25, 0.3) is 22.3 Å². The molecule has 3 heterocycles. The third-order valence-corrected chi connectivity index (χ3v) is 7.20. The fraction of sp³-hybridized carbons (Fsp3) is 0.391. The van der Waals surface area contributed by atoms with Crippen molar-refractivity contribution < 1.29 is 14.3 Å². The number of aromatic nitrogens is 3. The molecule has 3 aromatic rings. The quantitative estimate of drug-likeness (QED) is 0.353. The maximum Gasteiger partial charge on any atom is 0.407 e. The molecular formula is C23H27IN6O3S. The Bertz CT molecular complexity index is 1220. The monoisotopic (exact) mass is 594 g/mol. The van der Waals surface area contributed by atoms with Crippen LogP contribution in [0.4, 0.5) is 10.5 Å². The van der Waals surface area contributed by atoms with Gasteiger partial charge in [0.05, 0.1) is 11.4 Å². The summed E-state index contributed by atoms with van der Waals surface area (Å²) in [5.74, 6) is -0.172. The van der Waals surface area contributed by atoms with Gasteiger partial charge in [0.25, 0.3) is 5.91 Å². The fourth-order valence-corrected chi connectivity index (χ4v) is 5.13. The van der Waals surface area contributed by atoms with Gasteiger partial charge in [-0.3, -0.25) is 13.8 Å². The molecule has 0 spiro atoms. The van der Waals surface area contributed by atoms with Crippen molar-refractivity contribution in [1.29, 1.82) is 0 Å². The number of rotatable bonds is 6. The zero-order chi connectivity index (χ0) is 24.5. The van der Waals surface area contributed by atoms with Crippen molar-refractivity contribution in [3.05, 3.63) is 42.4 Å². The second kappa shape index (κ2) is 9.98. The Morgan fingerprint density at radius 2 is 1.97 bits per heavy atom. The maximum atomic E-state index is 12.2. The number of alkyl carbamates (subject to hydrolysis) is 1. The molecule has 3 N–H and O–H groups in total. The number of carbonyl (C=O) groups excluding carboxylic acids is 2. The number of hydrogen-bond donors (Lipinski definition) is 3. The van der Waals surface area contributed by atoms with Crippen molar-refractivity contribution in [3.8, 4) is 11.3 Å². The van der Waals surface area contributed by atoms with E-state index in [1.165, 1.54) is 0 Å². The lowest BCUT2D eigenvalue weighted by Gasteiger charge is -2.37. The highest BCUT2D eigenvalue weighted by atomic mass is 127. The second-order valence-corrected chi connectivity index (χ2v) is 10.9. The lowest BCUT2D eigenvalue weighted by molar-refractivity contribution is 0.0475. The average Bonchev–Trinajstić information content (AvgIpc) is 3.19. The van der Waals surface area contributed by atoms with Crippen LogP contribution in [0.5, 0.6) is 0 Å². The van der Waals surface area contributed by atoms with E-state index in [-0.39, 0.29) is 18.0 Å². The van der Waals surface area contributed by atoms with Crippen LogP contribution in [0.15, 0.2) is 36.8 Å². The summed E-state index contributed by atoms with van der Waals surface area (Å²) in [6, 6.07) is 5.70. The molecule has 0 aromatic carbocycles. The number of carbonyl (C=O) groups is 2. The molecule has 2 amide bonds. The zero-order valence-corrected chi connectivity index (χ0v) is 22.4. The molecule has 1 fully saturated rings. The first-order valence-corrected chi connectivity index (χ1v) is 14.2. The van der Waals surface area contributed by atoms with Gasteiger partial charge in [-0.25, -0.2) is 9.78 Å². The highest BCUT2D eigenvalue weighted by Gasteiger charge is 2.32. The van der Waals surface area contributed by atoms with Gasteiger partial charge >= 0.3 is 6.09 Å². The first-order valence-electron chi connectivity index (χ1n) is 10.9. The summed E-state index contributed by atoms with van der Waals surface area (Å²) < 4.78 is 7.35. The van der Waals surface area contributed by atoms with E-state index < -0.39 is 11.7 Å². The number of halogens is 1. The van der Waals surface area contributed by atoms with Gasteiger partial charge in [0.2, 0.25) is 0 Å². The normalized spacial score (nSPS) is 17.7. The molecule has 9 nitrogen and oxygen atoms in total. The van der Waals surface area contributed by atoms with Crippen LogP contribution in [-0.4, -0.2) is 50.7 Å². The van der Waals surface area contributed by atoms with Crippen molar-refractivity contribution in [1.82, 2.24) is 24.6 Å². The lowest BCUT2D eigenvalue weighted by atomic mass is 9.86.